The number of carbonyl (C=O) groups excluding carboxylic acids is 1. The quantitative estimate of drug-likeness (QED) is 0.530. The molecule has 0 N–H and O–H groups in total. The van der Waals surface area contributed by atoms with Crippen LogP contribution in [0.1, 0.15) is 16.2 Å². The normalized spacial score (nSPS) is 9.40. The number of Topliss-reactive ketones (excluding diaryl/α,β-unsaturated/α-hetero) is 1. The second kappa shape index (κ2) is 2.56. The predicted molar refractivity (Wildman–Crippen MR) is 35.4 cm³/mol. The van der Waals surface area contributed by atoms with Gasteiger partial charge in [-0.15, -0.1) is 0 Å². The second-order valence-electron chi connectivity index (χ2n) is 1.88. The Labute approximate surface area is 59.1 Å². The van der Waals surface area contributed by atoms with Gasteiger partial charge in [0.15, 0.2) is 5.78 Å². The van der Waals surface area contributed by atoms with Gasteiger partial charge in [0.1, 0.15) is 5.82 Å². The Bertz CT molecular complexity index is 240. The standard InChI is InChI=1S/C7H6N2O/c1-5(10)7-3-8-6(2)9-4-7/h1,3-4H,2H3. The summed E-state index contributed by atoms with van der Waals surface area (Å²) in [6, 6.07) is 0. The molecule has 1 aromatic rings. The fourth-order valence-corrected chi connectivity index (χ4v) is 0.520. The van der Waals surface area contributed by atoms with Crippen molar-refractivity contribution in [3.63, 3.8) is 0 Å². The molecule has 0 bridgehead atoms. The van der Waals surface area contributed by atoms with Crippen molar-refractivity contribution in [2.75, 3.05) is 0 Å². The molecule has 50 valence electrons. The molecule has 2 radical (unpaired) electrons. The van der Waals surface area contributed by atoms with Gasteiger partial charge in [0.25, 0.3) is 0 Å². The van der Waals surface area contributed by atoms with Crippen LogP contribution in [0.4, 0.5) is 0 Å². The number of hydrogen-bond donors (Lipinski definition) is 0. The smallest absolute Gasteiger partial charge is 0.170 e. The zero-order valence-corrected chi connectivity index (χ0v) is 5.53. The van der Waals surface area contributed by atoms with Gasteiger partial charge >= 0.3 is 0 Å². The summed E-state index contributed by atoms with van der Waals surface area (Å²) in [6.07, 6.45) is 2.81. The largest absolute Gasteiger partial charge is 0.294 e. The van der Waals surface area contributed by atoms with Crippen LogP contribution in [-0.2, 0) is 0 Å². The molecule has 0 saturated carbocycles. The fourth-order valence-electron chi connectivity index (χ4n) is 0.520. The van der Waals surface area contributed by atoms with Crippen molar-refractivity contribution in [3.8, 4) is 0 Å². The first kappa shape index (κ1) is 6.86. The molecule has 0 aromatic carbocycles. The van der Waals surface area contributed by atoms with E-state index in [-0.39, 0.29) is 0 Å². The maximum atomic E-state index is 10.5. The molecule has 1 aromatic heterocycles. The summed E-state index contributed by atoms with van der Waals surface area (Å²) in [4.78, 5) is 18.0. The van der Waals surface area contributed by atoms with Gasteiger partial charge in [0.05, 0.1) is 5.56 Å². The number of carbonyl (C=O) groups is 1. The first-order chi connectivity index (χ1) is 4.70. The Kier molecular flexibility index (Phi) is 1.76. The van der Waals surface area contributed by atoms with E-state index in [1.165, 1.54) is 12.4 Å². The predicted octanol–water partition coefficient (Wildman–Crippen LogP) is 0.679. The maximum Gasteiger partial charge on any atom is 0.170 e. The molecular weight excluding hydrogens is 128 g/mol. The van der Waals surface area contributed by atoms with E-state index < -0.39 is 5.78 Å². The van der Waals surface area contributed by atoms with Gasteiger partial charge < -0.3 is 0 Å². The molecular formula is C7H6N2O. The van der Waals surface area contributed by atoms with Crippen molar-refractivity contribution >= 4 is 5.78 Å². The van der Waals surface area contributed by atoms with Gasteiger partial charge in [-0.2, -0.15) is 0 Å². The lowest BCUT2D eigenvalue weighted by molar-refractivity contribution is 0.104. The molecule has 0 spiro atoms. The van der Waals surface area contributed by atoms with Crippen LogP contribution in [0.5, 0.6) is 0 Å². The van der Waals surface area contributed by atoms with E-state index in [4.69, 9.17) is 6.92 Å². The van der Waals surface area contributed by atoms with E-state index in [0.717, 1.165) is 0 Å². The Balaban J connectivity index is 3.00. The number of nitrogens with zero attached hydrogens (tertiary/aromatic N) is 2. The molecule has 0 aliphatic heterocycles. The molecule has 0 unspecified atom stereocenters. The van der Waals surface area contributed by atoms with Crippen LogP contribution in [0.3, 0.4) is 0 Å². The lowest BCUT2D eigenvalue weighted by atomic mass is 10.2. The zero-order valence-electron chi connectivity index (χ0n) is 5.53. The lowest BCUT2D eigenvalue weighted by Crippen LogP contribution is -1.96. The minimum absolute atomic E-state index is 0.339. The zero-order chi connectivity index (χ0) is 7.56. The van der Waals surface area contributed by atoms with Crippen molar-refractivity contribution < 1.29 is 4.79 Å². The van der Waals surface area contributed by atoms with Crippen molar-refractivity contribution in [1.29, 1.82) is 0 Å². The molecule has 0 amide bonds. The summed E-state index contributed by atoms with van der Waals surface area (Å²) in [6.45, 7) is 6.69. The van der Waals surface area contributed by atoms with E-state index in [1.54, 1.807) is 6.92 Å². The number of aromatic nitrogens is 2. The van der Waals surface area contributed by atoms with Crippen LogP contribution in [0, 0.1) is 13.8 Å². The Morgan fingerprint density at radius 1 is 1.50 bits per heavy atom. The highest BCUT2D eigenvalue weighted by molar-refractivity contribution is 5.98. The van der Waals surface area contributed by atoms with E-state index in [1.807, 2.05) is 0 Å². The average Bonchev–Trinajstić information content (AvgIpc) is 1.88. The molecule has 3 heteroatoms. The molecule has 0 fully saturated rings. The van der Waals surface area contributed by atoms with Crippen LogP contribution in [0.2, 0.25) is 0 Å². The number of aryl methyl sites for hydroxylation is 1. The van der Waals surface area contributed by atoms with E-state index in [2.05, 4.69) is 9.97 Å². The van der Waals surface area contributed by atoms with E-state index in [9.17, 15) is 4.79 Å². The van der Waals surface area contributed by atoms with Crippen LogP contribution < -0.4 is 0 Å². The minimum Gasteiger partial charge on any atom is -0.294 e. The minimum atomic E-state index is -0.500. The monoisotopic (exact) mass is 134 g/mol. The maximum absolute atomic E-state index is 10.5. The highest BCUT2D eigenvalue weighted by Gasteiger charge is 1.97. The van der Waals surface area contributed by atoms with Crippen molar-refractivity contribution in [3.05, 3.63) is 30.7 Å². The van der Waals surface area contributed by atoms with Gasteiger partial charge in [0, 0.05) is 19.3 Å². The Morgan fingerprint density at radius 2 is 2.00 bits per heavy atom. The molecule has 1 rings (SSSR count). The van der Waals surface area contributed by atoms with E-state index in [0.29, 0.717) is 11.4 Å². The van der Waals surface area contributed by atoms with Crippen LogP contribution in [0.25, 0.3) is 0 Å². The van der Waals surface area contributed by atoms with Crippen LogP contribution >= 0.6 is 0 Å². The summed E-state index contributed by atoms with van der Waals surface area (Å²) in [5.41, 5.74) is 0.339. The summed E-state index contributed by atoms with van der Waals surface area (Å²) in [5, 5.41) is 0. The van der Waals surface area contributed by atoms with Gasteiger partial charge in [-0.3, -0.25) is 4.79 Å². The first-order valence-electron chi connectivity index (χ1n) is 2.78. The van der Waals surface area contributed by atoms with Crippen molar-refractivity contribution in [2.45, 2.75) is 6.92 Å². The second-order valence-corrected chi connectivity index (χ2v) is 1.88. The fraction of sp³-hybridized carbons (Fsp3) is 0.143. The molecule has 10 heavy (non-hydrogen) atoms. The first-order valence-corrected chi connectivity index (χ1v) is 2.78. The van der Waals surface area contributed by atoms with Gasteiger partial charge in [-0.25, -0.2) is 9.97 Å². The molecule has 0 saturated heterocycles. The molecule has 0 atom stereocenters. The third kappa shape index (κ3) is 1.37. The number of hydrogen-bond acceptors (Lipinski definition) is 3. The van der Waals surface area contributed by atoms with Crippen LogP contribution in [0.15, 0.2) is 12.4 Å². The lowest BCUT2D eigenvalue weighted by Gasteiger charge is -1.92. The highest BCUT2D eigenvalue weighted by atomic mass is 16.1. The SMILES string of the molecule is [CH]C(=O)c1cnc(C)nc1. The number of rotatable bonds is 1. The molecule has 3 nitrogen and oxygen atoms in total. The van der Waals surface area contributed by atoms with Crippen molar-refractivity contribution in [1.82, 2.24) is 9.97 Å². The summed E-state index contributed by atoms with van der Waals surface area (Å²) < 4.78 is 0. The third-order valence-corrected chi connectivity index (χ3v) is 1.07. The highest BCUT2D eigenvalue weighted by Crippen LogP contribution is 1.94. The molecule has 0 aliphatic carbocycles. The summed E-state index contributed by atoms with van der Waals surface area (Å²) in [7, 11) is 0. The van der Waals surface area contributed by atoms with Gasteiger partial charge in [-0.1, -0.05) is 0 Å². The number of ketones is 1. The summed E-state index contributed by atoms with van der Waals surface area (Å²) >= 11 is 0. The van der Waals surface area contributed by atoms with Gasteiger partial charge in [0.2, 0.25) is 0 Å². The molecule has 1 heterocycles. The average molecular weight is 134 g/mol. The molecule has 0 aliphatic rings. The van der Waals surface area contributed by atoms with Crippen LogP contribution in [-0.4, -0.2) is 15.8 Å². The third-order valence-electron chi connectivity index (χ3n) is 1.07. The topological polar surface area (TPSA) is 42.9 Å². The summed E-state index contributed by atoms with van der Waals surface area (Å²) in [5.74, 6) is 0.130. The van der Waals surface area contributed by atoms with Gasteiger partial charge in [-0.05, 0) is 6.92 Å². The van der Waals surface area contributed by atoms with Crippen molar-refractivity contribution in [2.24, 2.45) is 0 Å². The van der Waals surface area contributed by atoms with E-state index >= 15 is 0 Å². The Morgan fingerprint density at radius 3 is 2.40 bits per heavy atom. The Hall–Kier alpha value is -1.25.